The summed E-state index contributed by atoms with van der Waals surface area (Å²) in [4.78, 5) is 0. The van der Waals surface area contributed by atoms with Crippen LogP contribution in [0.2, 0.25) is 0 Å². The molecule has 0 aliphatic carbocycles. The summed E-state index contributed by atoms with van der Waals surface area (Å²) in [6.07, 6.45) is 12.1. The van der Waals surface area contributed by atoms with Crippen LogP contribution < -0.4 is 0 Å². The maximum atomic E-state index is 3.98. The smallest absolute Gasteiger partial charge is 0.0103 e. The fourth-order valence-corrected chi connectivity index (χ4v) is 2.60. The van der Waals surface area contributed by atoms with E-state index in [1.165, 1.54) is 21.9 Å². The van der Waals surface area contributed by atoms with E-state index in [9.17, 15) is 0 Å². The Morgan fingerprint density at radius 2 is 1.19 bits per heavy atom. The molecule has 0 unspecified atom stereocenters. The van der Waals surface area contributed by atoms with Gasteiger partial charge in [-0.05, 0) is 46.9 Å². The molecule has 0 atom stereocenters. The lowest BCUT2D eigenvalue weighted by Crippen LogP contribution is -1.94. The number of hydrogen-bond donors (Lipinski definition) is 0. The average molecular weight is 367 g/mol. The number of benzene rings is 2. The van der Waals surface area contributed by atoms with Crippen molar-refractivity contribution in [3.05, 3.63) is 77.9 Å². The molecule has 0 nitrogen and oxygen atoms in total. The fraction of sp³-hybridized carbons (Fsp3) is 0.333. The molecule has 0 spiro atoms. The van der Waals surface area contributed by atoms with Gasteiger partial charge in [-0.2, -0.15) is 0 Å². The van der Waals surface area contributed by atoms with Crippen LogP contribution in [-0.4, -0.2) is 0 Å². The molecule has 2 aromatic rings. The van der Waals surface area contributed by atoms with Crippen LogP contribution in [0.15, 0.2) is 55.7 Å². The standard InChI is InChI=1S/C20H20.3C2H6.CH4/c1-5-8-9-12-18-15(4)19-13-10-11-14-20(19)17(7-3)16(18)6-2;3*1-2;/h5-14H,2-3H2,1,4H3;3*1-2H3;1H4/b8-5-,12-9-;;;;. The van der Waals surface area contributed by atoms with Crippen LogP contribution in [0.25, 0.3) is 29.0 Å². The van der Waals surface area contributed by atoms with Gasteiger partial charge in [0.15, 0.2) is 0 Å². The predicted molar refractivity (Wildman–Crippen MR) is 133 cm³/mol. The van der Waals surface area contributed by atoms with Crippen LogP contribution >= 0.6 is 0 Å². The van der Waals surface area contributed by atoms with Gasteiger partial charge in [-0.15, -0.1) is 0 Å². The van der Waals surface area contributed by atoms with E-state index < -0.39 is 0 Å². The normalized spacial score (nSPS) is 9.19. The van der Waals surface area contributed by atoms with Gasteiger partial charge in [0, 0.05) is 0 Å². The van der Waals surface area contributed by atoms with Crippen molar-refractivity contribution >= 4 is 29.0 Å². The van der Waals surface area contributed by atoms with Crippen LogP contribution in [0.4, 0.5) is 0 Å². The SMILES string of the molecule is C.C=Cc1c(/C=C\C=C/C)c(C)c2ccccc2c1C=C.CC.CC.CC. The Balaban J connectivity index is -0.000000749. The molecule has 0 fully saturated rings. The molecular formula is C27H42. The van der Waals surface area contributed by atoms with Crippen molar-refractivity contribution < 1.29 is 0 Å². The Hall–Kier alpha value is -2.34. The molecule has 0 saturated heterocycles. The zero-order valence-electron chi connectivity index (χ0n) is 18.2. The molecule has 0 aliphatic rings. The van der Waals surface area contributed by atoms with Crippen LogP contribution in [0.1, 0.15) is 78.1 Å². The molecule has 0 heteroatoms. The highest BCUT2D eigenvalue weighted by Gasteiger charge is 2.11. The minimum Gasteiger partial charge on any atom is -0.0984 e. The fourth-order valence-electron chi connectivity index (χ4n) is 2.60. The zero-order valence-corrected chi connectivity index (χ0v) is 18.2. The first-order valence-electron chi connectivity index (χ1n) is 9.84. The van der Waals surface area contributed by atoms with Gasteiger partial charge in [0.2, 0.25) is 0 Å². The van der Waals surface area contributed by atoms with E-state index in [1.807, 2.05) is 72.8 Å². The van der Waals surface area contributed by atoms with Crippen molar-refractivity contribution in [1.82, 2.24) is 0 Å². The molecule has 2 aromatic carbocycles. The first-order valence-corrected chi connectivity index (χ1v) is 9.84. The second kappa shape index (κ2) is 18.5. The molecule has 0 aromatic heterocycles. The van der Waals surface area contributed by atoms with Crippen molar-refractivity contribution in [2.75, 3.05) is 0 Å². The van der Waals surface area contributed by atoms with Crippen molar-refractivity contribution in [1.29, 1.82) is 0 Å². The third-order valence-electron chi connectivity index (χ3n) is 3.58. The molecule has 0 aliphatic heterocycles. The van der Waals surface area contributed by atoms with Gasteiger partial charge in [0.1, 0.15) is 0 Å². The van der Waals surface area contributed by atoms with Gasteiger partial charge in [-0.3, -0.25) is 0 Å². The molecule has 27 heavy (non-hydrogen) atoms. The lowest BCUT2D eigenvalue weighted by molar-refractivity contribution is 1.47. The Labute approximate surface area is 170 Å². The van der Waals surface area contributed by atoms with Crippen LogP contribution in [0.5, 0.6) is 0 Å². The quantitative estimate of drug-likeness (QED) is 0.472. The molecule has 2 rings (SSSR count). The van der Waals surface area contributed by atoms with Gasteiger partial charge in [0.05, 0.1) is 0 Å². The Kier molecular flexibility index (Phi) is 20.1. The van der Waals surface area contributed by atoms with E-state index in [4.69, 9.17) is 0 Å². The largest absolute Gasteiger partial charge is 0.0984 e. The molecule has 0 bridgehead atoms. The number of rotatable bonds is 4. The number of fused-ring (bicyclic) bond motifs is 1. The summed E-state index contributed by atoms with van der Waals surface area (Å²) in [5, 5.41) is 2.51. The van der Waals surface area contributed by atoms with Crippen molar-refractivity contribution in [2.24, 2.45) is 0 Å². The van der Waals surface area contributed by atoms with E-state index in [0.29, 0.717) is 0 Å². The molecule has 0 heterocycles. The second-order valence-electron chi connectivity index (χ2n) is 4.70. The van der Waals surface area contributed by atoms with Gasteiger partial charge < -0.3 is 0 Å². The highest BCUT2D eigenvalue weighted by molar-refractivity contribution is 5.99. The maximum absolute atomic E-state index is 3.98. The maximum Gasteiger partial charge on any atom is -0.0103 e. The van der Waals surface area contributed by atoms with Gasteiger partial charge >= 0.3 is 0 Å². The number of aryl methyl sites for hydroxylation is 1. The molecule has 0 radical (unpaired) electrons. The van der Waals surface area contributed by atoms with Crippen LogP contribution in [0, 0.1) is 6.92 Å². The predicted octanol–water partition coefficient (Wildman–Crippen LogP) is 9.74. The van der Waals surface area contributed by atoms with E-state index >= 15 is 0 Å². The summed E-state index contributed by atoms with van der Waals surface area (Å²) in [5.41, 5.74) is 4.80. The summed E-state index contributed by atoms with van der Waals surface area (Å²) in [6.45, 7) is 24.1. The third-order valence-corrected chi connectivity index (χ3v) is 3.58. The van der Waals surface area contributed by atoms with Gasteiger partial charge in [-0.1, -0.05) is 123 Å². The van der Waals surface area contributed by atoms with E-state index in [0.717, 1.165) is 11.1 Å². The monoisotopic (exact) mass is 366 g/mol. The second-order valence-corrected chi connectivity index (χ2v) is 4.70. The lowest BCUT2D eigenvalue weighted by Gasteiger charge is -2.15. The topological polar surface area (TPSA) is 0 Å². The average Bonchev–Trinajstić information content (AvgIpc) is 2.74. The summed E-state index contributed by atoms with van der Waals surface area (Å²) in [6, 6.07) is 8.45. The summed E-state index contributed by atoms with van der Waals surface area (Å²) >= 11 is 0. The zero-order chi connectivity index (χ0) is 20.5. The third kappa shape index (κ3) is 7.83. The van der Waals surface area contributed by atoms with Crippen molar-refractivity contribution in [3.63, 3.8) is 0 Å². The van der Waals surface area contributed by atoms with Crippen LogP contribution in [0.3, 0.4) is 0 Å². The van der Waals surface area contributed by atoms with Gasteiger partial charge in [0.25, 0.3) is 0 Å². The highest BCUT2D eigenvalue weighted by atomic mass is 14.1. The minimum atomic E-state index is 0. The summed E-state index contributed by atoms with van der Waals surface area (Å²) in [5.74, 6) is 0. The number of allylic oxidation sites excluding steroid dienone is 3. The Bertz CT molecular complexity index is 712. The first kappa shape index (κ1) is 29.4. The Morgan fingerprint density at radius 3 is 1.63 bits per heavy atom. The number of hydrogen-bond acceptors (Lipinski definition) is 0. The molecular weight excluding hydrogens is 324 g/mol. The van der Waals surface area contributed by atoms with E-state index in [1.54, 1.807) is 0 Å². The van der Waals surface area contributed by atoms with Crippen LogP contribution in [-0.2, 0) is 0 Å². The first-order chi connectivity index (χ1) is 12.7. The van der Waals surface area contributed by atoms with Crippen molar-refractivity contribution in [3.8, 4) is 0 Å². The lowest BCUT2D eigenvalue weighted by atomic mass is 9.89. The molecule has 0 amide bonds. The van der Waals surface area contributed by atoms with E-state index in [-0.39, 0.29) is 7.43 Å². The van der Waals surface area contributed by atoms with Crippen molar-refractivity contribution in [2.45, 2.75) is 62.8 Å². The summed E-state index contributed by atoms with van der Waals surface area (Å²) in [7, 11) is 0. The highest BCUT2D eigenvalue weighted by Crippen LogP contribution is 2.32. The molecule has 0 saturated carbocycles. The van der Waals surface area contributed by atoms with Gasteiger partial charge in [-0.25, -0.2) is 0 Å². The Morgan fingerprint density at radius 1 is 0.704 bits per heavy atom. The van der Waals surface area contributed by atoms with E-state index in [2.05, 4.69) is 56.5 Å². The minimum absolute atomic E-state index is 0. The molecule has 150 valence electrons. The molecule has 0 N–H and O–H groups in total. The summed E-state index contributed by atoms with van der Waals surface area (Å²) < 4.78 is 0.